The Kier molecular flexibility index (Phi) is 6.50. The highest BCUT2D eigenvalue weighted by atomic mass is 35.5. The minimum absolute atomic E-state index is 0.00193. The van der Waals surface area contributed by atoms with Crippen LogP contribution in [0.1, 0.15) is 36.5 Å². The molecule has 0 radical (unpaired) electrons. The minimum atomic E-state index is -0.480. The van der Waals surface area contributed by atoms with Gasteiger partial charge in [0.05, 0.1) is 23.9 Å². The Hall–Kier alpha value is -3.22. The third kappa shape index (κ3) is 4.50. The summed E-state index contributed by atoms with van der Waals surface area (Å²) in [5.41, 5.74) is 2.26. The summed E-state index contributed by atoms with van der Waals surface area (Å²) in [6, 6.07) is 14.9. The lowest BCUT2D eigenvalue weighted by molar-refractivity contribution is -0.131. The first-order chi connectivity index (χ1) is 14.4. The second-order valence-electron chi connectivity index (χ2n) is 7.65. The van der Waals surface area contributed by atoms with Crippen molar-refractivity contribution in [2.75, 3.05) is 25.1 Å². The Labute approximate surface area is 181 Å². The molecule has 0 aliphatic carbocycles. The molecule has 30 heavy (non-hydrogen) atoms. The number of nitrogens with one attached hydrogen (secondary N) is 1. The van der Waals surface area contributed by atoms with Crippen molar-refractivity contribution in [3.8, 4) is 17.9 Å². The van der Waals surface area contributed by atoms with E-state index in [0.717, 1.165) is 11.3 Å². The zero-order valence-electron chi connectivity index (χ0n) is 17.0. The van der Waals surface area contributed by atoms with Crippen molar-refractivity contribution in [2.45, 2.75) is 26.3 Å². The van der Waals surface area contributed by atoms with Crippen LogP contribution in [0.15, 0.2) is 36.4 Å². The predicted octanol–water partition coefficient (Wildman–Crippen LogP) is 4.01. The SMILES string of the molecule is COc1cc(CNC(=O)C2(C)CCN(c3ccc(Cl)cc3C#N)CC2)ccc1C#N. The van der Waals surface area contributed by atoms with Crippen LogP contribution in [0.5, 0.6) is 5.75 Å². The van der Waals surface area contributed by atoms with Crippen molar-refractivity contribution < 1.29 is 9.53 Å². The zero-order valence-corrected chi connectivity index (χ0v) is 17.8. The summed E-state index contributed by atoms with van der Waals surface area (Å²) in [6.45, 7) is 3.72. The average molecular weight is 423 g/mol. The number of nitrogens with zero attached hydrogens (tertiary/aromatic N) is 3. The summed E-state index contributed by atoms with van der Waals surface area (Å²) in [5.74, 6) is 0.502. The maximum absolute atomic E-state index is 12.9. The van der Waals surface area contributed by atoms with Gasteiger partial charge in [-0.2, -0.15) is 10.5 Å². The first kappa shape index (κ1) is 21.5. The number of nitriles is 2. The number of ether oxygens (including phenoxy) is 1. The predicted molar refractivity (Wildman–Crippen MR) is 115 cm³/mol. The maximum atomic E-state index is 12.9. The molecule has 0 saturated carbocycles. The van der Waals surface area contributed by atoms with Crippen molar-refractivity contribution in [3.05, 3.63) is 58.1 Å². The van der Waals surface area contributed by atoms with Crippen LogP contribution in [0.4, 0.5) is 5.69 Å². The van der Waals surface area contributed by atoms with Gasteiger partial charge in [0, 0.05) is 30.1 Å². The van der Waals surface area contributed by atoms with Crippen molar-refractivity contribution in [1.29, 1.82) is 10.5 Å². The van der Waals surface area contributed by atoms with Crippen LogP contribution in [0.2, 0.25) is 5.02 Å². The smallest absolute Gasteiger partial charge is 0.226 e. The fraction of sp³-hybridized carbons (Fsp3) is 0.348. The van der Waals surface area contributed by atoms with Gasteiger partial charge in [0.15, 0.2) is 0 Å². The number of hydrogen-bond donors (Lipinski definition) is 1. The third-order valence-electron chi connectivity index (χ3n) is 5.67. The molecule has 2 aromatic carbocycles. The van der Waals surface area contributed by atoms with Gasteiger partial charge < -0.3 is 15.0 Å². The fourth-order valence-corrected chi connectivity index (χ4v) is 3.85. The molecular formula is C23H23ClN4O2. The van der Waals surface area contributed by atoms with E-state index in [4.69, 9.17) is 21.6 Å². The summed E-state index contributed by atoms with van der Waals surface area (Å²) < 4.78 is 5.23. The van der Waals surface area contributed by atoms with Crippen LogP contribution in [0, 0.1) is 28.1 Å². The lowest BCUT2D eigenvalue weighted by Crippen LogP contribution is -2.47. The summed E-state index contributed by atoms with van der Waals surface area (Å²) >= 11 is 6.00. The van der Waals surface area contributed by atoms with Crippen LogP contribution in [0.3, 0.4) is 0 Å². The van der Waals surface area contributed by atoms with E-state index in [1.807, 2.05) is 19.1 Å². The van der Waals surface area contributed by atoms with E-state index >= 15 is 0 Å². The molecule has 0 unspecified atom stereocenters. The van der Waals surface area contributed by atoms with Gasteiger partial charge in [0.25, 0.3) is 0 Å². The lowest BCUT2D eigenvalue weighted by Gasteiger charge is -2.39. The molecule has 154 valence electrons. The van der Waals surface area contributed by atoms with Gasteiger partial charge in [-0.15, -0.1) is 0 Å². The molecule has 0 bridgehead atoms. The number of carbonyl (C=O) groups is 1. The van der Waals surface area contributed by atoms with Crippen molar-refractivity contribution in [3.63, 3.8) is 0 Å². The van der Waals surface area contributed by atoms with E-state index in [1.165, 1.54) is 7.11 Å². The second-order valence-corrected chi connectivity index (χ2v) is 8.09. The van der Waals surface area contributed by atoms with Gasteiger partial charge in [-0.3, -0.25) is 4.79 Å². The van der Waals surface area contributed by atoms with Crippen LogP contribution in [0.25, 0.3) is 0 Å². The molecule has 1 heterocycles. The van der Waals surface area contributed by atoms with Gasteiger partial charge in [0.1, 0.15) is 17.9 Å². The maximum Gasteiger partial charge on any atom is 0.226 e. The first-order valence-electron chi connectivity index (χ1n) is 9.70. The van der Waals surface area contributed by atoms with E-state index in [1.54, 1.807) is 24.3 Å². The number of piperidine rings is 1. The Morgan fingerprint density at radius 3 is 2.50 bits per heavy atom. The van der Waals surface area contributed by atoms with Crippen LogP contribution < -0.4 is 15.0 Å². The highest BCUT2D eigenvalue weighted by Gasteiger charge is 2.37. The number of hydrogen-bond acceptors (Lipinski definition) is 5. The van der Waals surface area contributed by atoms with Crippen LogP contribution in [-0.4, -0.2) is 26.1 Å². The van der Waals surface area contributed by atoms with Crippen molar-refractivity contribution in [2.24, 2.45) is 5.41 Å². The fourth-order valence-electron chi connectivity index (χ4n) is 3.68. The molecule has 1 saturated heterocycles. The standard InChI is InChI=1S/C23H23ClN4O2/c1-23(22(29)27-15-16-3-4-17(13-25)21(11-16)30-2)7-9-28(10-8-23)20-6-5-19(24)12-18(20)14-26/h3-6,11-12H,7-10,15H2,1-2H3,(H,27,29). The molecule has 2 aromatic rings. The summed E-state index contributed by atoms with van der Waals surface area (Å²) in [6.07, 6.45) is 1.37. The Balaban J connectivity index is 1.62. The number of halogens is 1. The van der Waals surface area contributed by atoms with E-state index in [0.29, 0.717) is 54.4 Å². The Morgan fingerprint density at radius 2 is 1.87 bits per heavy atom. The number of carbonyl (C=O) groups excluding carboxylic acids is 1. The van der Waals surface area contributed by atoms with Gasteiger partial charge in [-0.25, -0.2) is 0 Å². The topological polar surface area (TPSA) is 89.2 Å². The quantitative estimate of drug-likeness (QED) is 0.786. The molecule has 1 aliphatic rings. The molecule has 0 atom stereocenters. The molecule has 7 heteroatoms. The Bertz CT molecular complexity index is 1030. The number of anilines is 1. The van der Waals surface area contributed by atoms with E-state index in [-0.39, 0.29) is 5.91 Å². The molecule has 0 spiro atoms. The van der Waals surface area contributed by atoms with E-state index in [2.05, 4.69) is 22.4 Å². The average Bonchev–Trinajstić information content (AvgIpc) is 2.77. The van der Waals surface area contributed by atoms with Gasteiger partial charge in [-0.1, -0.05) is 24.6 Å². The molecular weight excluding hydrogens is 400 g/mol. The van der Waals surface area contributed by atoms with E-state index < -0.39 is 5.41 Å². The lowest BCUT2D eigenvalue weighted by atomic mass is 9.79. The number of methoxy groups -OCH3 is 1. The van der Waals surface area contributed by atoms with Crippen molar-refractivity contribution >= 4 is 23.2 Å². The zero-order chi connectivity index (χ0) is 21.7. The monoisotopic (exact) mass is 422 g/mol. The van der Waals surface area contributed by atoms with Crippen LogP contribution >= 0.6 is 11.6 Å². The minimum Gasteiger partial charge on any atom is -0.495 e. The number of rotatable bonds is 5. The molecule has 1 aliphatic heterocycles. The van der Waals surface area contributed by atoms with Gasteiger partial charge in [-0.05, 0) is 48.7 Å². The summed E-state index contributed by atoms with van der Waals surface area (Å²) in [5, 5.41) is 22.0. The normalized spacial score (nSPS) is 15.0. The van der Waals surface area contributed by atoms with E-state index in [9.17, 15) is 10.1 Å². The molecule has 0 aromatic heterocycles. The van der Waals surface area contributed by atoms with Crippen LogP contribution in [-0.2, 0) is 11.3 Å². The Morgan fingerprint density at radius 1 is 1.17 bits per heavy atom. The first-order valence-corrected chi connectivity index (χ1v) is 10.1. The molecule has 6 nitrogen and oxygen atoms in total. The largest absolute Gasteiger partial charge is 0.495 e. The summed E-state index contributed by atoms with van der Waals surface area (Å²) in [4.78, 5) is 15.0. The highest BCUT2D eigenvalue weighted by molar-refractivity contribution is 6.30. The third-order valence-corrected chi connectivity index (χ3v) is 5.91. The van der Waals surface area contributed by atoms with Gasteiger partial charge >= 0.3 is 0 Å². The molecule has 1 N–H and O–H groups in total. The van der Waals surface area contributed by atoms with Gasteiger partial charge in [0.2, 0.25) is 5.91 Å². The van der Waals surface area contributed by atoms with Crippen molar-refractivity contribution in [1.82, 2.24) is 5.32 Å². The summed E-state index contributed by atoms with van der Waals surface area (Å²) in [7, 11) is 1.52. The highest BCUT2D eigenvalue weighted by Crippen LogP contribution is 2.35. The number of benzene rings is 2. The molecule has 1 amide bonds. The second kappa shape index (κ2) is 9.07. The molecule has 1 fully saturated rings. The molecule has 3 rings (SSSR count). The number of amides is 1.